The van der Waals surface area contributed by atoms with Crippen LogP contribution in [0.15, 0.2) is 23.3 Å². The number of carbonyl (C=O) groups is 2. The number of pyridine rings is 1. The van der Waals surface area contributed by atoms with E-state index in [1.807, 2.05) is 26.0 Å². The van der Waals surface area contributed by atoms with Crippen LogP contribution in [-0.2, 0) is 4.79 Å². The van der Waals surface area contributed by atoms with Crippen molar-refractivity contribution in [3.63, 3.8) is 0 Å². The molecule has 1 aromatic rings. The van der Waals surface area contributed by atoms with Crippen LogP contribution in [0.2, 0.25) is 0 Å². The minimum absolute atomic E-state index is 0.199. The van der Waals surface area contributed by atoms with Crippen molar-refractivity contribution in [2.24, 2.45) is 4.99 Å². The van der Waals surface area contributed by atoms with Gasteiger partial charge in [0.25, 0.3) is 5.91 Å². The molecule has 0 bridgehead atoms. The maximum absolute atomic E-state index is 13.0. The fourth-order valence-corrected chi connectivity index (χ4v) is 4.79. The molecule has 9 nitrogen and oxygen atoms in total. The minimum Gasteiger partial charge on any atom is -0.355 e. The van der Waals surface area contributed by atoms with Crippen molar-refractivity contribution in [3.8, 4) is 0 Å². The number of hydrogen-bond acceptors (Lipinski definition) is 7. The number of amidine groups is 1. The van der Waals surface area contributed by atoms with E-state index in [-0.39, 0.29) is 18.1 Å². The molecule has 3 atom stereocenters. The Hall–Kier alpha value is -2.68. The van der Waals surface area contributed by atoms with Gasteiger partial charge in [0.1, 0.15) is 17.7 Å². The number of rotatable bonds is 9. The van der Waals surface area contributed by atoms with E-state index in [1.54, 1.807) is 11.1 Å². The van der Waals surface area contributed by atoms with Crippen LogP contribution in [0.3, 0.4) is 0 Å². The first kappa shape index (κ1) is 22.5. The summed E-state index contributed by atoms with van der Waals surface area (Å²) in [6.07, 6.45) is 6.63. The first-order valence-electron chi connectivity index (χ1n) is 12.0. The summed E-state index contributed by atoms with van der Waals surface area (Å²) in [4.78, 5) is 40.8. The number of hydrogen-bond donors (Lipinski definition) is 2. The third kappa shape index (κ3) is 4.30. The van der Waals surface area contributed by atoms with Gasteiger partial charge in [-0.05, 0) is 44.2 Å². The predicted molar refractivity (Wildman–Crippen MR) is 124 cm³/mol. The first-order chi connectivity index (χ1) is 15.6. The fraction of sp³-hybridized carbons (Fsp3) is 0.652. The molecular weight excluding hydrogens is 406 g/mol. The van der Waals surface area contributed by atoms with E-state index < -0.39 is 12.2 Å². The summed E-state index contributed by atoms with van der Waals surface area (Å²) in [6.45, 7) is 9.43. The lowest BCUT2D eigenvalue weighted by molar-refractivity contribution is -0.134. The van der Waals surface area contributed by atoms with E-state index in [0.29, 0.717) is 18.9 Å². The Morgan fingerprint density at radius 1 is 1.12 bits per heavy atom. The Balaban J connectivity index is 1.49. The van der Waals surface area contributed by atoms with Crippen LogP contribution < -0.4 is 10.6 Å². The number of imide groups is 1. The summed E-state index contributed by atoms with van der Waals surface area (Å²) < 4.78 is 0. The number of likely N-dealkylation sites (tertiary alicyclic amines) is 1. The third-order valence-electron chi connectivity index (χ3n) is 6.41. The number of amides is 3. The lowest BCUT2D eigenvalue weighted by Crippen LogP contribution is -2.65. The summed E-state index contributed by atoms with van der Waals surface area (Å²) in [5, 5.41) is 6.80. The molecule has 3 amide bonds. The quantitative estimate of drug-likeness (QED) is 0.612. The molecule has 9 heteroatoms. The van der Waals surface area contributed by atoms with Crippen molar-refractivity contribution in [2.75, 3.05) is 31.5 Å². The Morgan fingerprint density at radius 2 is 1.88 bits per heavy atom. The molecule has 0 aliphatic carbocycles. The zero-order valence-electron chi connectivity index (χ0n) is 19.4. The number of aromatic nitrogens is 1. The zero-order valence-corrected chi connectivity index (χ0v) is 19.4. The highest BCUT2D eigenvalue weighted by atomic mass is 16.2. The number of aliphatic imine (C=N–C) groups is 1. The number of urea groups is 1. The van der Waals surface area contributed by atoms with Crippen LogP contribution in [0.25, 0.3) is 0 Å². The Morgan fingerprint density at radius 3 is 2.50 bits per heavy atom. The van der Waals surface area contributed by atoms with Gasteiger partial charge in [-0.2, -0.15) is 0 Å². The molecular formula is C23H35N7O2. The van der Waals surface area contributed by atoms with E-state index >= 15 is 0 Å². The number of carbonyl (C=O) groups excluding carboxylic acids is 2. The summed E-state index contributed by atoms with van der Waals surface area (Å²) in [5.74, 6) is 1.25. The Kier molecular flexibility index (Phi) is 6.93. The van der Waals surface area contributed by atoms with Gasteiger partial charge in [-0.1, -0.05) is 20.8 Å². The van der Waals surface area contributed by atoms with Crippen molar-refractivity contribution in [2.45, 2.75) is 71.2 Å². The fourth-order valence-electron chi connectivity index (χ4n) is 4.79. The molecule has 0 radical (unpaired) electrons. The van der Waals surface area contributed by atoms with Gasteiger partial charge in [-0.3, -0.25) is 19.5 Å². The summed E-state index contributed by atoms with van der Waals surface area (Å²) in [7, 11) is 0. The third-order valence-corrected chi connectivity index (χ3v) is 6.41. The average Bonchev–Trinajstić information content (AvgIpc) is 3.49. The van der Waals surface area contributed by atoms with Gasteiger partial charge in [0.15, 0.2) is 6.17 Å². The van der Waals surface area contributed by atoms with Crippen molar-refractivity contribution in [3.05, 3.63) is 23.9 Å². The normalized spacial score (nSPS) is 24.4. The molecule has 4 rings (SSSR count). The van der Waals surface area contributed by atoms with Gasteiger partial charge in [0, 0.05) is 37.9 Å². The van der Waals surface area contributed by atoms with Crippen molar-refractivity contribution in [1.82, 2.24) is 25.0 Å². The Bertz CT molecular complexity index is 850. The molecule has 3 aliphatic rings. The maximum atomic E-state index is 13.0. The molecule has 4 heterocycles. The van der Waals surface area contributed by atoms with E-state index in [2.05, 4.69) is 27.4 Å². The molecule has 0 spiro atoms. The van der Waals surface area contributed by atoms with Crippen LogP contribution >= 0.6 is 0 Å². The number of fused-ring (bicyclic) bond motifs is 1. The SMILES string of the molecule is CCCN1C(=O)C2NC(c3ccc(NC(CC)N4CCCC4)nc3)=NC2N(CCC)C1=O. The number of nitrogens with zero attached hydrogens (tertiary/aromatic N) is 5. The van der Waals surface area contributed by atoms with Crippen LogP contribution in [-0.4, -0.2) is 82.0 Å². The molecule has 1 aromatic heterocycles. The summed E-state index contributed by atoms with van der Waals surface area (Å²) >= 11 is 0. The van der Waals surface area contributed by atoms with Crippen LogP contribution in [0.4, 0.5) is 10.6 Å². The lowest BCUT2D eigenvalue weighted by atomic mass is 10.1. The number of anilines is 1. The molecule has 2 saturated heterocycles. The molecule has 3 unspecified atom stereocenters. The smallest absolute Gasteiger partial charge is 0.328 e. The van der Waals surface area contributed by atoms with Crippen molar-refractivity contribution >= 4 is 23.6 Å². The highest BCUT2D eigenvalue weighted by Crippen LogP contribution is 2.25. The number of nitrogens with one attached hydrogen (secondary N) is 2. The van der Waals surface area contributed by atoms with Crippen LogP contribution in [0, 0.1) is 0 Å². The average molecular weight is 442 g/mol. The van der Waals surface area contributed by atoms with Gasteiger partial charge in [0.05, 0.1) is 6.17 Å². The van der Waals surface area contributed by atoms with Gasteiger partial charge >= 0.3 is 6.03 Å². The second-order valence-corrected chi connectivity index (χ2v) is 8.72. The minimum atomic E-state index is -0.543. The van der Waals surface area contributed by atoms with Crippen LogP contribution in [0.5, 0.6) is 0 Å². The van der Waals surface area contributed by atoms with Gasteiger partial charge in [-0.15, -0.1) is 0 Å². The predicted octanol–water partition coefficient (Wildman–Crippen LogP) is 2.45. The summed E-state index contributed by atoms with van der Waals surface area (Å²) in [6, 6.07) is 3.14. The standard InChI is InChI=1S/C23H35N7O2/c1-4-11-29-21-19(22(31)30(12-5-2)23(29)32)26-20(27-21)16-9-10-17(24-15-16)25-18(6-3)28-13-7-8-14-28/h9-10,15,18-19,21H,4-8,11-14H2,1-3H3,(H,24,25)(H,26,27). The molecule has 0 saturated carbocycles. The molecule has 2 N–H and O–H groups in total. The summed E-state index contributed by atoms with van der Waals surface area (Å²) in [5.41, 5.74) is 0.818. The largest absolute Gasteiger partial charge is 0.355 e. The van der Waals surface area contributed by atoms with E-state index in [9.17, 15) is 9.59 Å². The molecule has 32 heavy (non-hydrogen) atoms. The van der Waals surface area contributed by atoms with Gasteiger partial charge in [0.2, 0.25) is 0 Å². The molecule has 3 aliphatic heterocycles. The van der Waals surface area contributed by atoms with Gasteiger partial charge in [-0.25, -0.2) is 14.8 Å². The molecule has 174 valence electrons. The highest BCUT2D eigenvalue weighted by molar-refractivity contribution is 6.08. The first-order valence-corrected chi connectivity index (χ1v) is 12.0. The second kappa shape index (κ2) is 9.85. The maximum Gasteiger partial charge on any atom is 0.328 e. The molecule has 0 aromatic carbocycles. The van der Waals surface area contributed by atoms with E-state index in [1.165, 1.54) is 17.7 Å². The van der Waals surface area contributed by atoms with Crippen molar-refractivity contribution in [1.29, 1.82) is 0 Å². The molecule has 2 fully saturated rings. The van der Waals surface area contributed by atoms with Gasteiger partial charge < -0.3 is 10.6 Å². The van der Waals surface area contributed by atoms with E-state index in [0.717, 1.165) is 43.7 Å². The van der Waals surface area contributed by atoms with Crippen LogP contribution in [0.1, 0.15) is 58.4 Å². The monoisotopic (exact) mass is 441 g/mol. The van der Waals surface area contributed by atoms with E-state index in [4.69, 9.17) is 4.99 Å². The highest BCUT2D eigenvalue weighted by Gasteiger charge is 2.49. The zero-order chi connectivity index (χ0) is 22.7. The Labute approximate surface area is 190 Å². The topological polar surface area (TPSA) is 93.2 Å². The lowest BCUT2D eigenvalue weighted by Gasteiger charge is -2.40. The second-order valence-electron chi connectivity index (χ2n) is 8.72. The van der Waals surface area contributed by atoms with Crippen molar-refractivity contribution < 1.29 is 9.59 Å².